The van der Waals surface area contributed by atoms with Gasteiger partial charge < -0.3 is 18.5 Å². The Bertz CT molecular complexity index is 740. The molecule has 0 aliphatic heterocycles. The Morgan fingerprint density at radius 2 is 1.50 bits per heavy atom. The molecular weight excluding hydrogens is 379 g/mol. The van der Waals surface area contributed by atoms with Crippen LogP contribution in [0.4, 0.5) is 0 Å². The fraction of sp³-hybridized carbons (Fsp3) is 0.381. The molecule has 0 saturated carbocycles. The van der Waals surface area contributed by atoms with E-state index in [1.54, 1.807) is 44.2 Å². The van der Waals surface area contributed by atoms with E-state index in [-0.39, 0.29) is 26.2 Å². The predicted octanol–water partition coefficient (Wildman–Crippen LogP) is 5.04. The Kier molecular flexibility index (Phi) is 9.38. The monoisotopic (exact) mass is 406 g/mol. The second-order valence-electron chi connectivity index (χ2n) is 5.93. The van der Waals surface area contributed by atoms with Gasteiger partial charge in [-0.15, -0.1) is 0 Å². The summed E-state index contributed by atoms with van der Waals surface area (Å²) in [6.07, 6.45) is 0.197. The summed E-state index contributed by atoms with van der Waals surface area (Å²) in [6, 6.07) is 18.3. The van der Waals surface area contributed by atoms with Gasteiger partial charge in [-0.2, -0.15) is 0 Å². The summed E-state index contributed by atoms with van der Waals surface area (Å²) >= 11 is 0. The summed E-state index contributed by atoms with van der Waals surface area (Å²) in [4.78, 5) is 12.5. The molecule has 0 aromatic heterocycles. The molecule has 0 radical (unpaired) electrons. The van der Waals surface area contributed by atoms with Crippen molar-refractivity contribution in [2.24, 2.45) is 0 Å². The molecule has 0 aliphatic rings. The predicted molar refractivity (Wildman–Crippen MR) is 107 cm³/mol. The fourth-order valence-corrected chi connectivity index (χ4v) is 4.33. The average molecular weight is 406 g/mol. The van der Waals surface area contributed by atoms with Crippen molar-refractivity contribution in [2.75, 3.05) is 19.8 Å². The van der Waals surface area contributed by atoms with Crippen LogP contribution in [0.1, 0.15) is 36.2 Å². The highest BCUT2D eigenvalue weighted by Gasteiger charge is 2.38. The molecule has 1 atom stereocenters. The molecule has 2 rings (SSSR count). The van der Waals surface area contributed by atoms with E-state index in [1.807, 2.05) is 30.3 Å². The standard InChI is InChI=1S/C21H27O6P/c1-3-25-28(23,26-4-2)20(27-21(22)19-13-9-6-10-14-19)15-16-24-17-18-11-7-5-8-12-18/h5-14,20H,3-4,15-17H2,1-2H3/t20-/m1/s1. The molecule has 152 valence electrons. The molecule has 0 fully saturated rings. The Morgan fingerprint density at radius 3 is 2.07 bits per heavy atom. The molecule has 2 aromatic carbocycles. The van der Waals surface area contributed by atoms with Crippen LogP contribution in [0.15, 0.2) is 60.7 Å². The van der Waals surface area contributed by atoms with Crippen molar-refractivity contribution < 1.29 is 27.9 Å². The zero-order valence-corrected chi connectivity index (χ0v) is 17.2. The van der Waals surface area contributed by atoms with Crippen LogP contribution < -0.4 is 0 Å². The highest BCUT2D eigenvalue weighted by Crippen LogP contribution is 2.54. The summed E-state index contributed by atoms with van der Waals surface area (Å²) in [6.45, 7) is 4.45. The van der Waals surface area contributed by atoms with Crippen molar-refractivity contribution in [1.29, 1.82) is 0 Å². The minimum atomic E-state index is -3.64. The summed E-state index contributed by atoms with van der Waals surface area (Å²) in [7, 11) is -3.64. The van der Waals surface area contributed by atoms with Crippen LogP contribution in [0.2, 0.25) is 0 Å². The van der Waals surface area contributed by atoms with Gasteiger partial charge in [-0.25, -0.2) is 4.79 Å². The largest absolute Gasteiger partial charge is 0.446 e. The molecule has 0 heterocycles. The third kappa shape index (κ3) is 6.88. The van der Waals surface area contributed by atoms with E-state index in [2.05, 4.69) is 0 Å². The Hall–Kier alpha value is -1.98. The number of esters is 1. The molecule has 0 aliphatic carbocycles. The first kappa shape index (κ1) is 22.3. The van der Waals surface area contributed by atoms with Gasteiger partial charge in [0.25, 0.3) is 0 Å². The number of carbonyl (C=O) groups is 1. The number of rotatable bonds is 12. The normalized spacial score (nSPS) is 12.5. The molecule has 0 bridgehead atoms. The molecule has 0 spiro atoms. The first-order valence-corrected chi connectivity index (χ1v) is 11.0. The zero-order chi connectivity index (χ0) is 20.2. The van der Waals surface area contributed by atoms with Crippen molar-refractivity contribution in [1.82, 2.24) is 0 Å². The van der Waals surface area contributed by atoms with Gasteiger partial charge in [-0.3, -0.25) is 4.57 Å². The number of hydrogen-bond donors (Lipinski definition) is 0. The highest BCUT2D eigenvalue weighted by atomic mass is 31.2. The smallest absolute Gasteiger partial charge is 0.371 e. The number of hydrogen-bond acceptors (Lipinski definition) is 6. The lowest BCUT2D eigenvalue weighted by Gasteiger charge is -2.26. The van der Waals surface area contributed by atoms with Gasteiger partial charge >= 0.3 is 13.6 Å². The molecule has 0 N–H and O–H groups in total. The second kappa shape index (κ2) is 11.8. The van der Waals surface area contributed by atoms with Gasteiger partial charge in [0.1, 0.15) is 0 Å². The minimum absolute atomic E-state index is 0.182. The third-order valence-corrected chi connectivity index (χ3v) is 6.15. The number of ether oxygens (including phenoxy) is 2. The Balaban J connectivity index is 2.04. The van der Waals surface area contributed by atoms with Crippen LogP contribution in [-0.4, -0.2) is 31.6 Å². The zero-order valence-electron chi connectivity index (χ0n) is 16.3. The van der Waals surface area contributed by atoms with Crippen LogP contribution in [-0.2, 0) is 29.7 Å². The molecule has 28 heavy (non-hydrogen) atoms. The Morgan fingerprint density at radius 1 is 0.929 bits per heavy atom. The van der Waals surface area contributed by atoms with Crippen molar-refractivity contribution in [3.63, 3.8) is 0 Å². The van der Waals surface area contributed by atoms with Crippen LogP contribution in [0.25, 0.3) is 0 Å². The number of benzene rings is 2. The van der Waals surface area contributed by atoms with Gasteiger partial charge in [-0.1, -0.05) is 48.5 Å². The van der Waals surface area contributed by atoms with Crippen molar-refractivity contribution in [3.8, 4) is 0 Å². The van der Waals surface area contributed by atoms with E-state index in [0.717, 1.165) is 5.56 Å². The van der Waals surface area contributed by atoms with Gasteiger partial charge in [-0.05, 0) is 31.5 Å². The van der Waals surface area contributed by atoms with E-state index >= 15 is 0 Å². The highest BCUT2D eigenvalue weighted by molar-refractivity contribution is 7.54. The number of carbonyl (C=O) groups excluding carboxylic acids is 1. The molecule has 7 heteroatoms. The molecule has 2 aromatic rings. The first-order chi connectivity index (χ1) is 13.6. The van der Waals surface area contributed by atoms with E-state index in [1.165, 1.54) is 0 Å². The molecular formula is C21H27O6P. The summed E-state index contributed by atoms with van der Waals surface area (Å²) in [5.74, 6) is -1.62. The average Bonchev–Trinajstić information content (AvgIpc) is 2.72. The molecule has 6 nitrogen and oxygen atoms in total. The maximum atomic E-state index is 13.2. The second-order valence-corrected chi connectivity index (χ2v) is 8.10. The molecule has 0 saturated heterocycles. The van der Waals surface area contributed by atoms with Crippen LogP contribution in [0.3, 0.4) is 0 Å². The van der Waals surface area contributed by atoms with Crippen LogP contribution in [0, 0.1) is 0 Å². The molecule has 0 unspecified atom stereocenters. The van der Waals surface area contributed by atoms with E-state index < -0.39 is 19.4 Å². The third-order valence-electron chi connectivity index (χ3n) is 3.84. The van der Waals surface area contributed by atoms with E-state index in [4.69, 9.17) is 18.5 Å². The Labute approximate surface area is 166 Å². The summed E-state index contributed by atoms with van der Waals surface area (Å²) < 4.78 is 35.1. The lowest BCUT2D eigenvalue weighted by atomic mass is 10.2. The topological polar surface area (TPSA) is 71.1 Å². The fourth-order valence-electron chi connectivity index (χ4n) is 2.56. The van der Waals surface area contributed by atoms with Gasteiger partial charge in [0, 0.05) is 6.42 Å². The van der Waals surface area contributed by atoms with E-state index in [9.17, 15) is 9.36 Å². The van der Waals surface area contributed by atoms with Crippen molar-refractivity contribution >= 4 is 13.6 Å². The lowest BCUT2D eigenvalue weighted by molar-refractivity contribution is 0.0257. The first-order valence-electron chi connectivity index (χ1n) is 9.35. The van der Waals surface area contributed by atoms with Gasteiger partial charge in [0.05, 0.1) is 32.0 Å². The van der Waals surface area contributed by atoms with Crippen LogP contribution >= 0.6 is 7.60 Å². The maximum Gasteiger partial charge on any atom is 0.371 e. The summed E-state index contributed by atoms with van der Waals surface area (Å²) in [5, 5.41) is 0. The van der Waals surface area contributed by atoms with Gasteiger partial charge in [0.2, 0.25) is 5.85 Å². The summed E-state index contributed by atoms with van der Waals surface area (Å²) in [5.41, 5.74) is 1.40. The molecule has 0 amide bonds. The SMILES string of the molecule is CCOP(=O)(OCC)[C@H](CCOCc1ccccc1)OC(=O)c1ccccc1. The van der Waals surface area contributed by atoms with Crippen LogP contribution in [0.5, 0.6) is 0 Å². The van der Waals surface area contributed by atoms with Gasteiger partial charge in [0.15, 0.2) is 0 Å². The van der Waals surface area contributed by atoms with E-state index in [0.29, 0.717) is 12.2 Å². The van der Waals surface area contributed by atoms with Crippen molar-refractivity contribution in [2.45, 2.75) is 32.7 Å². The minimum Gasteiger partial charge on any atom is -0.446 e. The lowest BCUT2D eigenvalue weighted by Crippen LogP contribution is -2.23. The quantitative estimate of drug-likeness (QED) is 0.279. The maximum absolute atomic E-state index is 13.2. The van der Waals surface area contributed by atoms with Crippen molar-refractivity contribution in [3.05, 3.63) is 71.8 Å².